The lowest BCUT2D eigenvalue weighted by Crippen LogP contribution is -2.10. The largest absolute Gasteiger partial charge is 0.488 e. The van der Waals surface area contributed by atoms with Crippen LogP contribution in [-0.2, 0) is 6.61 Å². The molecule has 0 aliphatic heterocycles. The molecule has 2 aromatic carbocycles. The molecule has 0 amide bonds. The molecule has 0 bridgehead atoms. The first-order chi connectivity index (χ1) is 9.86. The van der Waals surface area contributed by atoms with Crippen molar-refractivity contribution in [3.05, 3.63) is 63.7 Å². The lowest BCUT2D eigenvalue weighted by molar-refractivity contribution is 0.302. The number of thiocarbonyl (C=S) groups is 1. The van der Waals surface area contributed by atoms with Crippen LogP contribution in [0.4, 0.5) is 0 Å². The average molecular weight is 299 g/mol. The standard InChI is InChI=1S/C18H21NOS/c1-11-5-12(2)7-15(6-11)10-20-17-13(3)8-16(18(19)21)9-14(17)4/h5-9H,10H2,1-4H3,(H2,19,21). The summed E-state index contributed by atoms with van der Waals surface area (Å²) in [6, 6.07) is 10.4. The predicted molar refractivity (Wildman–Crippen MR) is 92.1 cm³/mol. The van der Waals surface area contributed by atoms with Crippen LogP contribution >= 0.6 is 12.2 Å². The van der Waals surface area contributed by atoms with Gasteiger partial charge in [0, 0.05) is 5.56 Å². The van der Waals surface area contributed by atoms with Crippen LogP contribution in [0.25, 0.3) is 0 Å². The SMILES string of the molecule is Cc1cc(C)cc(COc2c(C)cc(C(N)=S)cc2C)c1. The summed E-state index contributed by atoms with van der Waals surface area (Å²) in [7, 11) is 0. The zero-order valence-corrected chi connectivity index (χ0v) is 13.8. The van der Waals surface area contributed by atoms with E-state index in [1.165, 1.54) is 16.7 Å². The maximum Gasteiger partial charge on any atom is 0.125 e. The number of ether oxygens (including phenoxy) is 1. The summed E-state index contributed by atoms with van der Waals surface area (Å²) in [4.78, 5) is 0.419. The van der Waals surface area contributed by atoms with Crippen molar-refractivity contribution in [2.24, 2.45) is 5.73 Å². The van der Waals surface area contributed by atoms with Gasteiger partial charge in [0.25, 0.3) is 0 Å². The normalized spacial score (nSPS) is 10.5. The molecule has 0 spiro atoms. The number of nitrogens with two attached hydrogens (primary N) is 1. The first-order valence-electron chi connectivity index (χ1n) is 6.98. The van der Waals surface area contributed by atoms with Crippen molar-refractivity contribution in [2.75, 3.05) is 0 Å². The Morgan fingerprint density at radius 2 is 1.48 bits per heavy atom. The van der Waals surface area contributed by atoms with Gasteiger partial charge in [-0.25, -0.2) is 0 Å². The number of benzene rings is 2. The molecule has 2 aromatic rings. The third kappa shape index (κ3) is 3.82. The molecule has 3 heteroatoms. The second-order valence-electron chi connectivity index (χ2n) is 5.59. The molecular weight excluding hydrogens is 278 g/mol. The van der Waals surface area contributed by atoms with Crippen LogP contribution in [0.1, 0.15) is 33.4 Å². The Bertz CT molecular complexity index is 648. The zero-order chi connectivity index (χ0) is 15.6. The van der Waals surface area contributed by atoms with E-state index >= 15 is 0 Å². The summed E-state index contributed by atoms with van der Waals surface area (Å²) < 4.78 is 6.01. The average Bonchev–Trinajstić information content (AvgIpc) is 2.36. The highest BCUT2D eigenvalue weighted by Gasteiger charge is 2.08. The molecule has 21 heavy (non-hydrogen) atoms. The Kier molecular flexibility index (Phi) is 4.63. The van der Waals surface area contributed by atoms with Gasteiger partial charge >= 0.3 is 0 Å². The topological polar surface area (TPSA) is 35.2 Å². The molecule has 0 radical (unpaired) electrons. The van der Waals surface area contributed by atoms with Crippen LogP contribution in [0.5, 0.6) is 5.75 Å². The summed E-state index contributed by atoms with van der Waals surface area (Å²) >= 11 is 5.03. The minimum Gasteiger partial charge on any atom is -0.488 e. The van der Waals surface area contributed by atoms with Gasteiger partial charge in [-0.2, -0.15) is 0 Å². The van der Waals surface area contributed by atoms with E-state index in [0.29, 0.717) is 11.6 Å². The lowest BCUT2D eigenvalue weighted by atomic mass is 10.1. The monoisotopic (exact) mass is 299 g/mol. The van der Waals surface area contributed by atoms with Crippen LogP contribution in [-0.4, -0.2) is 4.99 Å². The van der Waals surface area contributed by atoms with Crippen molar-refractivity contribution in [2.45, 2.75) is 34.3 Å². The molecule has 0 aliphatic carbocycles. The van der Waals surface area contributed by atoms with Crippen LogP contribution in [0.2, 0.25) is 0 Å². The van der Waals surface area contributed by atoms with Gasteiger partial charge in [0.15, 0.2) is 0 Å². The van der Waals surface area contributed by atoms with Gasteiger partial charge in [-0.05, 0) is 56.5 Å². The van der Waals surface area contributed by atoms with E-state index in [1.807, 2.05) is 26.0 Å². The molecule has 0 aliphatic rings. The van der Waals surface area contributed by atoms with E-state index in [4.69, 9.17) is 22.7 Å². The Morgan fingerprint density at radius 3 is 1.95 bits per heavy atom. The molecule has 0 saturated heterocycles. The van der Waals surface area contributed by atoms with Gasteiger partial charge < -0.3 is 10.5 Å². The van der Waals surface area contributed by atoms with Crippen molar-refractivity contribution in [3.63, 3.8) is 0 Å². The smallest absolute Gasteiger partial charge is 0.125 e. The summed E-state index contributed by atoms with van der Waals surface area (Å²) in [5.41, 5.74) is 12.4. The van der Waals surface area contributed by atoms with Crippen LogP contribution in [0, 0.1) is 27.7 Å². The molecular formula is C18H21NOS. The van der Waals surface area contributed by atoms with Gasteiger partial charge in [-0.15, -0.1) is 0 Å². The third-order valence-electron chi connectivity index (χ3n) is 3.41. The van der Waals surface area contributed by atoms with Crippen molar-refractivity contribution in [3.8, 4) is 5.75 Å². The molecule has 0 atom stereocenters. The summed E-state index contributed by atoms with van der Waals surface area (Å²) in [6.07, 6.45) is 0. The Hall–Kier alpha value is -1.87. The fourth-order valence-corrected chi connectivity index (χ4v) is 2.75. The zero-order valence-electron chi connectivity index (χ0n) is 13.0. The first kappa shape index (κ1) is 15.5. The molecule has 2 nitrogen and oxygen atoms in total. The summed E-state index contributed by atoms with van der Waals surface area (Å²) in [6.45, 7) is 8.81. The molecule has 0 fully saturated rings. The van der Waals surface area contributed by atoms with Gasteiger partial charge in [0.05, 0.1) is 0 Å². The van der Waals surface area contributed by atoms with Crippen LogP contribution in [0.3, 0.4) is 0 Å². The molecule has 0 unspecified atom stereocenters. The van der Waals surface area contributed by atoms with E-state index in [1.54, 1.807) is 0 Å². The van der Waals surface area contributed by atoms with Crippen molar-refractivity contribution < 1.29 is 4.74 Å². The molecule has 2 rings (SSSR count). The van der Waals surface area contributed by atoms with Gasteiger partial charge in [0.1, 0.15) is 17.3 Å². The third-order valence-corrected chi connectivity index (χ3v) is 3.65. The highest BCUT2D eigenvalue weighted by Crippen LogP contribution is 2.26. The molecule has 2 N–H and O–H groups in total. The van der Waals surface area contributed by atoms with Crippen molar-refractivity contribution in [1.29, 1.82) is 0 Å². The predicted octanol–water partition coefficient (Wildman–Crippen LogP) is 4.13. The van der Waals surface area contributed by atoms with Gasteiger partial charge in [-0.1, -0.05) is 41.5 Å². The second-order valence-corrected chi connectivity index (χ2v) is 6.03. The number of aryl methyl sites for hydroxylation is 4. The maximum absolute atomic E-state index is 6.01. The van der Waals surface area contributed by atoms with E-state index in [0.717, 1.165) is 22.4 Å². The Balaban J connectivity index is 2.22. The maximum atomic E-state index is 6.01. The number of hydrogen-bond acceptors (Lipinski definition) is 2. The van der Waals surface area contributed by atoms with E-state index in [9.17, 15) is 0 Å². The Labute approximate surface area is 131 Å². The summed E-state index contributed by atoms with van der Waals surface area (Å²) in [5, 5.41) is 0. The van der Waals surface area contributed by atoms with Crippen molar-refractivity contribution in [1.82, 2.24) is 0 Å². The Morgan fingerprint density at radius 1 is 0.952 bits per heavy atom. The molecule has 0 saturated carbocycles. The van der Waals surface area contributed by atoms with E-state index in [2.05, 4.69) is 32.0 Å². The first-order valence-corrected chi connectivity index (χ1v) is 7.38. The van der Waals surface area contributed by atoms with Gasteiger partial charge in [-0.3, -0.25) is 0 Å². The minimum atomic E-state index is 0.419. The molecule has 0 aromatic heterocycles. The number of hydrogen-bond donors (Lipinski definition) is 1. The van der Waals surface area contributed by atoms with E-state index < -0.39 is 0 Å². The lowest BCUT2D eigenvalue weighted by Gasteiger charge is -2.14. The number of rotatable bonds is 4. The molecule has 0 heterocycles. The van der Waals surface area contributed by atoms with E-state index in [-0.39, 0.29) is 0 Å². The van der Waals surface area contributed by atoms with Crippen molar-refractivity contribution >= 4 is 17.2 Å². The van der Waals surface area contributed by atoms with Gasteiger partial charge in [0.2, 0.25) is 0 Å². The van der Waals surface area contributed by atoms with Crippen LogP contribution in [0.15, 0.2) is 30.3 Å². The van der Waals surface area contributed by atoms with Crippen LogP contribution < -0.4 is 10.5 Å². The minimum absolute atomic E-state index is 0.419. The fourth-order valence-electron chi connectivity index (χ4n) is 2.63. The second kappa shape index (κ2) is 6.27. The molecule has 110 valence electrons. The fraction of sp³-hybridized carbons (Fsp3) is 0.278. The highest BCUT2D eigenvalue weighted by atomic mass is 32.1. The highest BCUT2D eigenvalue weighted by molar-refractivity contribution is 7.80. The summed E-state index contributed by atoms with van der Waals surface area (Å²) in [5.74, 6) is 0.911. The quantitative estimate of drug-likeness (QED) is 0.862.